The molecule has 0 saturated carbocycles. The highest BCUT2D eigenvalue weighted by Crippen LogP contribution is 2.46. The fourth-order valence-corrected chi connectivity index (χ4v) is 4.30. The summed E-state index contributed by atoms with van der Waals surface area (Å²) in [6.45, 7) is 10.2. The SMILES string of the molecule is C#Cc1ccc2c(c1)C(N1CCCC1=C)C(CC)C(C)C2. The van der Waals surface area contributed by atoms with Gasteiger partial charge in [-0.05, 0) is 54.4 Å². The van der Waals surface area contributed by atoms with Crippen LogP contribution in [-0.2, 0) is 6.42 Å². The zero-order chi connectivity index (χ0) is 15.0. The second-order valence-electron chi connectivity index (χ2n) is 6.62. The number of likely N-dealkylation sites (tertiary alicyclic amines) is 1. The van der Waals surface area contributed by atoms with E-state index in [1.807, 2.05) is 0 Å². The molecule has 2 aliphatic rings. The summed E-state index contributed by atoms with van der Waals surface area (Å²) in [4.78, 5) is 2.56. The molecule has 1 nitrogen and oxygen atoms in total. The van der Waals surface area contributed by atoms with E-state index in [-0.39, 0.29) is 0 Å². The van der Waals surface area contributed by atoms with Gasteiger partial charge < -0.3 is 4.90 Å². The Hall–Kier alpha value is -1.68. The Morgan fingerprint density at radius 2 is 2.24 bits per heavy atom. The molecule has 1 heteroatoms. The molecule has 3 atom stereocenters. The summed E-state index contributed by atoms with van der Waals surface area (Å²) >= 11 is 0. The molecular weight excluding hydrogens is 254 g/mol. The number of hydrogen-bond donors (Lipinski definition) is 0. The molecule has 1 aromatic rings. The van der Waals surface area contributed by atoms with Crippen molar-refractivity contribution in [3.05, 3.63) is 47.2 Å². The van der Waals surface area contributed by atoms with E-state index in [4.69, 9.17) is 6.42 Å². The Morgan fingerprint density at radius 1 is 1.43 bits per heavy atom. The van der Waals surface area contributed by atoms with Gasteiger partial charge in [-0.15, -0.1) is 6.42 Å². The predicted octanol–water partition coefficient (Wildman–Crippen LogP) is 4.54. The number of hydrogen-bond acceptors (Lipinski definition) is 1. The average molecular weight is 279 g/mol. The molecule has 3 unspecified atom stereocenters. The lowest BCUT2D eigenvalue weighted by molar-refractivity contribution is 0.140. The minimum Gasteiger partial charge on any atom is -0.368 e. The minimum absolute atomic E-state index is 0.469. The van der Waals surface area contributed by atoms with E-state index < -0.39 is 0 Å². The molecule has 1 heterocycles. The van der Waals surface area contributed by atoms with E-state index in [9.17, 15) is 0 Å². The van der Waals surface area contributed by atoms with Crippen molar-refractivity contribution in [3.8, 4) is 12.3 Å². The Bertz CT molecular complexity index is 592. The first-order valence-electron chi connectivity index (χ1n) is 8.19. The van der Waals surface area contributed by atoms with E-state index in [1.54, 1.807) is 0 Å². The predicted molar refractivity (Wildman–Crippen MR) is 88.8 cm³/mol. The van der Waals surface area contributed by atoms with Crippen LogP contribution < -0.4 is 0 Å². The first-order chi connectivity index (χ1) is 10.2. The number of fused-ring (bicyclic) bond motifs is 1. The molecule has 0 spiro atoms. The molecule has 1 fully saturated rings. The van der Waals surface area contributed by atoms with E-state index in [0.29, 0.717) is 12.0 Å². The van der Waals surface area contributed by atoms with Crippen LogP contribution in [0.15, 0.2) is 30.5 Å². The average Bonchev–Trinajstić information content (AvgIpc) is 2.91. The number of allylic oxidation sites excluding steroid dienone is 1. The monoisotopic (exact) mass is 279 g/mol. The van der Waals surface area contributed by atoms with Crippen LogP contribution in [0.5, 0.6) is 0 Å². The van der Waals surface area contributed by atoms with Crippen molar-refractivity contribution in [1.29, 1.82) is 0 Å². The van der Waals surface area contributed by atoms with E-state index >= 15 is 0 Å². The summed E-state index contributed by atoms with van der Waals surface area (Å²) in [5, 5.41) is 0. The lowest BCUT2D eigenvalue weighted by Gasteiger charge is -2.44. The van der Waals surface area contributed by atoms with E-state index in [1.165, 1.54) is 36.1 Å². The van der Waals surface area contributed by atoms with Gasteiger partial charge in [-0.2, -0.15) is 0 Å². The molecule has 0 bridgehead atoms. The topological polar surface area (TPSA) is 3.24 Å². The van der Waals surface area contributed by atoms with Crippen molar-refractivity contribution in [2.75, 3.05) is 6.54 Å². The highest BCUT2D eigenvalue weighted by Gasteiger charge is 2.38. The minimum atomic E-state index is 0.469. The van der Waals surface area contributed by atoms with Crippen LogP contribution in [0, 0.1) is 24.2 Å². The van der Waals surface area contributed by atoms with Gasteiger partial charge in [0.25, 0.3) is 0 Å². The smallest absolute Gasteiger partial charge is 0.0573 e. The van der Waals surface area contributed by atoms with Crippen LogP contribution in [0.25, 0.3) is 0 Å². The van der Waals surface area contributed by atoms with Gasteiger partial charge in [0.15, 0.2) is 0 Å². The Kier molecular flexibility index (Phi) is 3.81. The van der Waals surface area contributed by atoms with Crippen LogP contribution in [0.1, 0.15) is 55.8 Å². The van der Waals surface area contributed by atoms with Gasteiger partial charge in [-0.1, -0.05) is 38.8 Å². The normalized spacial score (nSPS) is 28.3. The van der Waals surface area contributed by atoms with Crippen LogP contribution in [0.2, 0.25) is 0 Å². The van der Waals surface area contributed by atoms with Gasteiger partial charge in [-0.3, -0.25) is 0 Å². The first-order valence-corrected chi connectivity index (χ1v) is 8.19. The standard InChI is InChI=1S/C20H25N/c1-5-16-9-10-17-12-14(3)18(6-2)20(19(17)13-16)21-11-7-8-15(21)4/h1,9-10,13-14,18,20H,4,6-8,11-12H2,2-3H3. The third kappa shape index (κ3) is 2.38. The van der Waals surface area contributed by atoms with Crippen molar-refractivity contribution in [1.82, 2.24) is 4.90 Å². The summed E-state index contributed by atoms with van der Waals surface area (Å²) in [5.74, 6) is 4.22. The molecular formula is C20H25N. The summed E-state index contributed by atoms with van der Waals surface area (Å²) in [6.07, 6.45) is 10.4. The van der Waals surface area contributed by atoms with Crippen molar-refractivity contribution >= 4 is 0 Å². The van der Waals surface area contributed by atoms with E-state index in [0.717, 1.165) is 24.4 Å². The molecule has 110 valence electrons. The van der Waals surface area contributed by atoms with Crippen molar-refractivity contribution in [2.24, 2.45) is 11.8 Å². The molecule has 21 heavy (non-hydrogen) atoms. The highest BCUT2D eigenvalue weighted by atomic mass is 15.2. The Morgan fingerprint density at radius 3 is 2.86 bits per heavy atom. The van der Waals surface area contributed by atoms with Crippen LogP contribution in [0.3, 0.4) is 0 Å². The number of terminal acetylenes is 1. The lowest BCUT2D eigenvalue weighted by Crippen LogP contribution is -2.37. The van der Waals surface area contributed by atoms with Crippen molar-refractivity contribution in [3.63, 3.8) is 0 Å². The first kappa shape index (κ1) is 14.3. The molecule has 3 rings (SSSR count). The lowest BCUT2D eigenvalue weighted by atomic mass is 9.71. The summed E-state index contributed by atoms with van der Waals surface area (Å²) in [6, 6.07) is 7.06. The van der Waals surface area contributed by atoms with Gasteiger partial charge in [-0.25, -0.2) is 0 Å². The third-order valence-corrected chi connectivity index (χ3v) is 5.39. The van der Waals surface area contributed by atoms with Gasteiger partial charge >= 0.3 is 0 Å². The quantitative estimate of drug-likeness (QED) is 0.719. The molecule has 1 aliphatic heterocycles. The highest BCUT2D eigenvalue weighted by molar-refractivity contribution is 5.43. The fraction of sp³-hybridized carbons (Fsp3) is 0.500. The van der Waals surface area contributed by atoms with Gasteiger partial charge in [0.1, 0.15) is 0 Å². The Labute approximate surface area is 129 Å². The zero-order valence-corrected chi connectivity index (χ0v) is 13.2. The largest absolute Gasteiger partial charge is 0.368 e. The van der Waals surface area contributed by atoms with Crippen LogP contribution >= 0.6 is 0 Å². The fourth-order valence-electron chi connectivity index (χ4n) is 4.30. The van der Waals surface area contributed by atoms with E-state index in [2.05, 4.69) is 49.4 Å². The molecule has 0 N–H and O–H groups in total. The van der Waals surface area contributed by atoms with Crippen molar-refractivity contribution < 1.29 is 0 Å². The molecule has 1 aromatic carbocycles. The molecule has 1 aliphatic carbocycles. The number of nitrogens with zero attached hydrogens (tertiary/aromatic N) is 1. The summed E-state index contributed by atoms with van der Waals surface area (Å²) < 4.78 is 0. The number of rotatable bonds is 2. The van der Waals surface area contributed by atoms with Crippen molar-refractivity contribution in [2.45, 2.75) is 45.6 Å². The van der Waals surface area contributed by atoms with Gasteiger partial charge in [0.05, 0.1) is 6.04 Å². The Balaban J connectivity index is 2.09. The molecule has 0 radical (unpaired) electrons. The van der Waals surface area contributed by atoms with Gasteiger partial charge in [0, 0.05) is 17.8 Å². The number of benzene rings is 1. The van der Waals surface area contributed by atoms with Crippen LogP contribution in [-0.4, -0.2) is 11.4 Å². The second kappa shape index (κ2) is 5.60. The summed E-state index contributed by atoms with van der Waals surface area (Å²) in [7, 11) is 0. The second-order valence-corrected chi connectivity index (χ2v) is 6.62. The van der Waals surface area contributed by atoms with Gasteiger partial charge in [0.2, 0.25) is 0 Å². The van der Waals surface area contributed by atoms with Crippen LogP contribution in [0.4, 0.5) is 0 Å². The maximum atomic E-state index is 5.62. The summed E-state index contributed by atoms with van der Waals surface area (Å²) in [5.41, 5.74) is 5.26. The molecule has 0 amide bonds. The zero-order valence-electron chi connectivity index (χ0n) is 13.2. The third-order valence-electron chi connectivity index (χ3n) is 5.39. The molecule has 1 saturated heterocycles. The maximum Gasteiger partial charge on any atom is 0.0573 e. The molecule has 0 aromatic heterocycles. The maximum absolute atomic E-state index is 5.62.